The van der Waals surface area contributed by atoms with E-state index in [0.717, 1.165) is 18.4 Å². The van der Waals surface area contributed by atoms with Gasteiger partial charge in [0.1, 0.15) is 24.4 Å². The third-order valence-electron chi connectivity index (χ3n) is 9.33. The van der Waals surface area contributed by atoms with E-state index in [1.54, 1.807) is 25.2 Å². The molecule has 38 heavy (non-hydrogen) atoms. The van der Waals surface area contributed by atoms with Gasteiger partial charge in [-0.3, -0.25) is 0 Å². The Morgan fingerprint density at radius 2 is 2.13 bits per heavy atom. The van der Waals surface area contributed by atoms with Crippen molar-refractivity contribution in [2.75, 3.05) is 26.4 Å². The third-order valence-corrected chi connectivity index (χ3v) is 9.33. The number of allylic oxidation sites excluding steroid dienone is 3. The summed E-state index contributed by atoms with van der Waals surface area (Å²) >= 11 is 0. The average Bonchev–Trinajstić information content (AvgIpc) is 3.55. The van der Waals surface area contributed by atoms with Gasteiger partial charge in [0.15, 0.2) is 0 Å². The lowest BCUT2D eigenvalue weighted by molar-refractivity contribution is -0.228. The lowest BCUT2D eigenvalue weighted by Crippen LogP contribution is -2.66. The molecule has 3 heterocycles. The molecule has 3 aliphatic heterocycles. The first-order valence-corrected chi connectivity index (χ1v) is 13.4. The summed E-state index contributed by atoms with van der Waals surface area (Å²) in [5, 5.41) is 20.7. The fourth-order valence-electron chi connectivity index (χ4n) is 6.89. The molecule has 0 radical (unpaired) electrons. The highest BCUT2D eigenvalue weighted by Crippen LogP contribution is 2.71. The van der Waals surface area contributed by atoms with Crippen molar-refractivity contribution in [3.63, 3.8) is 0 Å². The van der Waals surface area contributed by atoms with Crippen molar-refractivity contribution in [2.24, 2.45) is 10.8 Å². The van der Waals surface area contributed by atoms with Crippen LogP contribution in [0.1, 0.15) is 46.5 Å². The van der Waals surface area contributed by atoms with E-state index in [4.69, 9.17) is 23.7 Å². The summed E-state index contributed by atoms with van der Waals surface area (Å²) in [5.74, 6) is -0.827. The fourth-order valence-corrected chi connectivity index (χ4v) is 6.89. The number of hydrogen-bond acceptors (Lipinski definition) is 9. The normalized spacial score (nSPS) is 39.2. The number of esters is 2. The van der Waals surface area contributed by atoms with E-state index in [9.17, 15) is 19.8 Å². The number of aliphatic hydroxyl groups excluding tert-OH is 2. The van der Waals surface area contributed by atoms with Crippen molar-refractivity contribution < 1.29 is 43.5 Å². The molecule has 0 aromatic carbocycles. The van der Waals surface area contributed by atoms with Crippen molar-refractivity contribution in [3.05, 3.63) is 47.6 Å². The number of epoxide rings is 1. The minimum Gasteiger partial charge on any atom is -0.458 e. The molecule has 2 N–H and O–H groups in total. The van der Waals surface area contributed by atoms with Crippen molar-refractivity contribution in [3.8, 4) is 0 Å². The number of carbonyl (C=O) groups excluding carboxylic acids is 2. The molecule has 5 aliphatic rings. The second-order valence-corrected chi connectivity index (χ2v) is 11.4. The monoisotopic (exact) mass is 530 g/mol. The van der Waals surface area contributed by atoms with E-state index in [-0.39, 0.29) is 31.4 Å². The molecule has 2 saturated heterocycles. The van der Waals surface area contributed by atoms with Crippen molar-refractivity contribution >= 4 is 11.9 Å². The Bertz CT molecular complexity index is 1070. The Labute approximate surface area is 223 Å². The van der Waals surface area contributed by atoms with Crippen LogP contribution in [0.2, 0.25) is 0 Å². The van der Waals surface area contributed by atoms with Gasteiger partial charge in [-0.25, -0.2) is 9.59 Å². The lowest BCUT2D eigenvalue weighted by Gasteiger charge is -2.58. The summed E-state index contributed by atoms with van der Waals surface area (Å²) in [6, 6.07) is 0. The van der Waals surface area contributed by atoms with Gasteiger partial charge in [-0.15, -0.1) is 0 Å². The van der Waals surface area contributed by atoms with Gasteiger partial charge in [-0.05, 0) is 38.7 Å². The van der Waals surface area contributed by atoms with Gasteiger partial charge in [0.2, 0.25) is 0 Å². The maximum absolute atomic E-state index is 12.9. The standard InChI is InChI=1S/C29H38O9/c1-18-8-10-28(16-30)23(12-18)37-24-14-22(27(28,3)29(24)17-36-29)38-25(32)7-5-4-6-21(19(2)31)34-11-9-20-13-26(33)35-15-20/h4-7,12-13,19,21-24,30-31H,8-11,14-17H2,1-3H3/b6-4+,7-5+/t19?,21?,22-,23+,24+,27+,28+,29+/m1/s1. The highest BCUT2D eigenvalue weighted by Gasteiger charge is 2.82. The van der Waals surface area contributed by atoms with Crippen LogP contribution in [0, 0.1) is 10.8 Å². The quantitative estimate of drug-likeness (QED) is 0.144. The molecule has 2 aliphatic carbocycles. The highest BCUT2D eigenvalue weighted by molar-refractivity contribution is 5.85. The molecule has 1 spiro atoms. The highest BCUT2D eigenvalue weighted by atomic mass is 16.6. The van der Waals surface area contributed by atoms with Crippen LogP contribution < -0.4 is 0 Å². The van der Waals surface area contributed by atoms with Crippen LogP contribution in [0.5, 0.6) is 0 Å². The van der Waals surface area contributed by atoms with Crippen LogP contribution in [-0.2, 0) is 33.3 Å². The first kappa shape index (κ1) is 27.3. The van der Waals surface area contributed by atoms with Crippen LogP contribution in [-0.4, -0.2) is 84.7 Å². The zero-order valence-electron chi connectivity index (χ0n) is 22.3. The summed E-state index contributed by atoms with van der Waals surface area (Å²) in [5.41, 5.74) is 0.413. The molecule has 9 nitrogen and oxygen atoms in total. The molecular weight excluding hydrogens is 492 g/mol. The molecule has 2 unspecified atom stereocenters. The SMILES string of the molecule is CC1=C[C@@H]2O[C@H]3C[C@@H](OC(=O)/C=C/C=C/C(OCCC4=CC(=O)OC4)C(C)O)[C@@](C)([C@]2(CO)CC1)[C@]31CO1. The van der Waals surface area contributed by atoms with Crippen LogP contribution in [0.3, 0.4) is 0 Å². The van der Waals surface area contributed by atoms with Crippen LogP contribution >= 0.6 is 0 Å². The maximum Gasteiger partial charge on any atom is 0.331 e. The molecule has 1 saturated carbocycles. The molecule has 2 bridgehead atoms. The average molecular weight is 531 g/mol. The van der Waals surface area contributed by atoms with Crippen molar-refractivity contribution in [1.82, 2.24) is 0 Å². The summed E-state index contributed by atoms with van der Waals surface area (Å²) in [6.45, 7) is 6.87. The Morgan fingerprint density at radius 1 is 1.34 bits per heavy atom. The van der Waals surface area contributed by atoms with E-state index < -0.39 is 40.7 Å². The van der Waals surface area contributed by atoms with E-state index >= 15 is 0 Å². The predicted octanol–water partition coefficient (Wildman–Crippen LogP) is 2.32. The van der Waals surface area contributed by atoms with Gasteiger partial charge in [0.05, 0.1) is 38.1 Å². The number of aliphatic hydroxyl groups is 2. The smallest absolute Gasteiger partial charge is 0.331 e. The Balaban J connectivity index is 1.21. The summed E-state index contributed by atoms with van der Waals surface area (Å²) in [4.78, 5) is 24.0. The van der Waals surface area contributed by atoms with Gasteiger partial charge in [-0.1, -0.05) is 36.8 Å². The molecule has 9 heteroatoms. The zero-order valence-corrected chi connectivity index (χ0v) is 22.3. The lowest BCUT2D eigenvalue weighted by atomic mass is 9.51. The number of rotatable bonds is 10. The maximum atomic E-state index is 12.9. The number of ether oxygens (including phenoxy) is 5. The molecule has 0 aromatic rings. The van der Waals surface area contributed by atoms with Gasteiger partial charge in [-0.2, -0.15) is 0 Å². The Hall–Kier alpha value is -2.30. The zero-order chi connectivity index (χ0) is 27.1. The van der Waals surface area contributed by atoms with E-state index in [1.165, 1.54) is 17.7 Å². The first-order chi connectivity index (χ1) is 18.1. The first-order valence-electron chi connectivity index (χ1n) is 13.4. The fraction of sp³-hybridized carbons (Fsp3) is 0.655. The minimum atomic E-state index is -0.759. The molecule has 5 rings (SSSR count). The number of carbonyl (C=O) groups is 2. The van der Waals surface area contributed by atoms with Crippen molar-refractivity contribution in [2.45, 2.75) is 82.6 Å². The van der Waals surface area contributed by atoms with E-state index in [1.807, 2.05) is 0 Å². The number of fused-ring (bicyclic) bond motifs is 2. The summed E-state index contributed by atoms with van der Waals surface area (Å²) < 4.78 is 29.1. The van der Waals surface area contributed by atoms with Crippen LogP contribution in [0.15, 0.2) is 47.6 Å². The number of cyclic esters (lactones) is 1. The second-order valence-electron chi connectivity index (χ2n) is 11.4. The Morgan fingerprint density at radius 3 is 2.79 bits per heavy atom. The number of hydrogen-bond donors (Lipinski definition) is 2. The van der Waals surface area contributed by atoms with Gasteiger partial charge in [0, 0.05) is 29.4 Å². The van der Waals surface area contributed by atoms with Crippen LogP contribution in [0.4, 0.5) is 0 Å². The van der Waals surface area contributed by atoms with E-state index in [0.29, 0.717) is 26.1 Å². The molecule has 3 fully saturated rings. The molecule has 0 aromatic heterocycles. The summed E-state index contributed by atoms with van der Waals surface area (Å²) in [7, 11) is 0. The van der Waals surface area contributed by atoms with Crippen molar-refractivity contribution in [1.29, 1.82) is 0 Å². The molecule has 208 valence electrons. The predicted molar refractivity (Wildman–Crippen MR) is 136 cm³/mol. The molecular formula is C29H38O9. The largest absolute Gasteiger partial charge is 0.458 e. The van der Waals surface area contributed by atoms with Crippen LogP contribution in [0.25, 0.3) is 0 Å². The molecule has 8 atom stereocenters. The second kappa shape index (κ2) is 10.4. The topological polar surface area (TPSA) is 124 Å². The third kappa shape index (κ3) is 4.48. The van der Waals surface area contributed by atoms with Gasteiger partial charge >= 0.3 is 11.9 Å². The van der Waals surface area contributed by atoms with Gasteiger partial charge in [0.25, 0.3) is 0 Å². The van der Waals surface area contributed by atoms with E-state index in [2.05, 4.69) is 19.9 Å². The minimum absolute atomic E-state index is 0.0657. The molecule has 0 amide bonds. The van der Waals surface area contributed by atoms with Gasteiger partial charge < -0.3 is 33.9 Å². The summed E-state index contributed by atoms with van der Waals surface area (Å²) in [6.07, 6.45) is 10.3. The Kier molecular flexibility index (Phi) is 7.43.